The lowest BCUT2D eigenvalue weighted by Gasteiger charge is -2.15. The fourth-order valence-corrected chi connectivity index (χ4v) is 2.73. The molecule has 3 rings (SSSR count). The number of anilines is 1. The van der Waals surface area contributed by atoms with E-state index in [1.807, 2.05) is 0 Å². The number of hydrogen-bond acceptors (Lipinski definition) is 5. The number of ketones is 1. The van der Waals surface area contributed by atoms with Crippen LogP contribution in [0.4, 0.5) is 10.5 Å². The van der Waals surface area contributed by atoms with Gasteiger partial charge in [-0.15, -0.1) is 0 Å². The van der Waals surface area contributed by atoms with E-state index >= 15 is 0 Å². The molecule has 8 nitrogen and oxygen atoms in total. The number of imide groups is 2. The molecule has 28 heavy (non-hydrogen) atoms. The van der Waals surface area contributed by atoms with Crippen LogP contribution in [0.2, 0.25) is 0 Å². The number of carbonyl (C=O) groups is 5. The van der Waals surface area contributed by atoms with Gasteiger partial charge in [0.05, 0.1) is 6.54 Å². The van der Waals surface area contributed by atoms with Gasteiger partial charge < -0.3 is 5.32 Å². The molecule has 0 saturated carbocycles. The van der Waals surface area contributed by atoms with Gasteiger partial charge in [0.1, 0.15) is 6.54 Å². The predicted molar refractivity (Wildman–Crippen MR) is 99.2 cm³/mol. The zero-order valence-corrected chi connectivity index (χ0v) is 15.0. The monoisotopic (exact) mass is 379 g/mol. The number of nitrogens with zero attached hydrogens (tertiary/aromatic N) is 2. The molecule has 0 unspecified atom stereocenters. The Morgan fingerprint density at radius 1 is 0.857 bits per heavy atom. The van der Waals surface area contributed by atoms with Gasteiger partial charge in [-0.25, -0.2) is 9.69 Å². The first-order valence-corrected chi connectivity index (χ1v) is 8.49. The number of Topliss-reactive ketones (excluding diaryl/α,β-unsaturated/α-hetero) is 1. The Hall–Kier alpha value is -3.81. The number of carbonyl (C=O) groups excluding carboxylic acids is 5. The second-order valence-electron chi connectivity index (χ2n) is 6.23. The van der Waals surface area contributed by atoms with Crippen LogP contribution in [0.1, 0.15) is 22.8 Å². The highest BCUT2D eigenvalue weighted by molar-refractivity contribution is 6.45. The number of nitrogens with one attached hydrogen (secondary N) is 1. The van der Waals surface area contributed by atoms with Crippen molar-refractivity contribution < 1.29 is 24.0 Å². The molecule has 142 valence electrons. The van der Waals surface area contributed by atoms with Crippen LogP contribution >= 0.6 is 0 Å². The first-order chi connectivity index (χ1) is 13.4. The first-order valence-electron chi connectivity index (χ1n) is 8.49. The van der Waals surface area contributed by atoms with Crippen LogP contribution in [0.15, 0.2) is 54.6 Å². The highest BCUT2D eigenvalue weighted by Gasteiger charge is 2.45. The summed E-state index contributed by atoms with van der Waals surface area (Å²) in [5.41, 5.74) is 1.58. The van der Waals surface area contributed by atoms with Crippen molar-refractivity contribution in [2.24, 2.45) is 0 Å². The quantitative estimate of drug-likeness (QED) is 0.468. The third-order valence-electron chi connectivity index (χ3n) is 4.20. The summed E-state index contributed by atoms with van der Waals surface area (Å²) in [7, 11) is 0. The molecule has 1 aliphatic rings. The van der Waals surface area contributed by atoms with Crippen LogP contribution in [0, 0.1) is 0 Å². The van der Waals surface area contributed by atoms with E-state index in [1.54, 1.807) is 42.5 Å². The van der Waals surface area contributed by atoms with E-state index in [0.717, 1.165) is 4.90 Å². The Morgan fingerprint density at radius 3 is 2.07 bits per heavy atom. The minimum atomic E-state index is -1.04. The summed E-state index contributed by atoms with van der Waals surface area (Å²) in [6.07, 6.45) is 0. The summed E-state index contributed by atoms with van der Waals surface area (Å²) in [5, 5.41) is 2.53. The van der Waals surface area contributed by atoms with E-state index in [0.29, 0.717) is 21.7 Å². The molecule has 1 saturated heterocycles. The smallest absolute Gasteiger partial charge is 0.325 e. The van der Waals surface area contributed by atoms with Gasteiger partial charge in [0.25, 0.3) is 0 Å². The second kappa shape index (κ2) is 7.83. The predicted octanol–water partition coefficient (Wildman–Crippen LogP) is 1.82. The van der Waals surface area contributed by atoms with Crippen molar-refractivity contribution in [3.63, 3.8) is 0 Å². The molecule has 0 radical (unpaired) electrons. The van der Waals surface area contributed by atoms with E-state index in [9.17, 15) is 24.0 Å². The summed E-state index contributed by atoms with van der Waals surface area (Å²) in [4.78, 5) is 61.6. The highest BCUT2D eigenvalue weighted by Crippen LogP contribution is 2.16. The van der Waals surface area contributed by atoms with E-state index < -0.39 is 30.3 Å². The van der Waals surface area contributed by atoms with Crippen molar-refractivity contribution in [2.45, 2.75) is 13.5 Å². The maximum absolute atomic E-state index is 12.4. The van der Waals surface area contributed by atoms with Gasteiger partial charge >= 0.3 is 17.8 Å². The number of rotatable bonds is 6. The lowest BCUT2D eigenvalue weighted by Crippen LogP contribution is -2.38. The zero-order chi connectivity index (χ0) is 20.3. The number of hydrogen-bond donors (Lipinski definition) is 1. The van der Waals surface area contributed by atoms with Gasteiger partial charge in [-0.05, 0) is 36.8 Å². The lowest BCUT2D eigenvalue weighted by atomic mass is 10.1. The van der Waals surface area contributed by atoms with Crippen LogP contribution < -0.4 is 5.32 Å². The molecule has 5 amide bonds. The van der Waals surface area contributed by atoms with E-state index in [2.05, 4.69) is 5.32 Å². The molecule has 0 atom stereocenters. The molecule has 1 N–H and O–H groups in total. The number of amides is 5. The minimum absolute atomic E-state index is 0.0468. The molecule has 0 spiro atoms. The first kappa shape index (κ1) is 19.0. The fourth-order valence-electron chi connectivity index (χ4n) is 2.73. The van der Waals surface area contributed by atoms with Crippen molar-refractivity contribution in [3.8, 4) is 0 Å². The Balaban J connectivity index is 1.65. The fraction of sp³-hybridized carbons (Fsp3) is 0.150. The van der Waals surface area contributed by atoms with E-state index in [-0.39, 0.29) is 12.3 Å². The number of urea groups is 1. The summed E-state index contributed by atoms with van der Waals surface area (Å²) < 4.78 is 0. The summed E-state index contributed by atoms with van der Waals surface area (Å²) in [6.45, 7) is 0.800. The third kappa shape index (κ3) is 3.96. The molecule has 1 aliphatic heterocycles. The molecule has 2 aromatic carbocycles. The highest BCUT2D eigenvalue weighted by atomic mass is 16.2. The van der Waals surface area contributed by atoms with Crippen LogP contribution in [0.25, 0.3) is 0 Å². The topological polar surface area (TPSA) is 104 Å². The van der Waals surface area contributed by atoms with Crippen LogP contribution in [0.3, 0.4) is 0 Å². The zero-order valence-electron chi connectivity index (χ0n) is 15.0. The Kier molecular flexibility index (Phi) is 5.30. The van der Waals surface area contributed by atoms with Crippen molar-refractivity contribution in [1.29, 1.82) is 0 Å². The van der Waals surface area contributed by atoms with Gasteiger partial charge in [0.15, 0.2) is 5.78 Å². The molecular weight excluding hydrogens is 362 g/mol. The maximum Gasteiger partial charge on any atom is 0.335 e. The second-order valence-corrected chi connectivity index (χ2v) is 6.23. The molecular formula is C20H17N3O5. The molecule has 8 heteroatoms. The van der Waals surface area contributed by atoms with Gasteiger partial charge in [0, 0.05) is 11.3 Å². The largest absolute Gasteiger partial charge is 0.335 e. The molecule has 1 fully saturated rings. The SMILES string of the molecule is CC(=O)c1ccc(NC(=O)CN2C(=O)C(=O)N(Cc3ccccc3)C2=O)cc1. The van der Waals surface area contributed by atoms with Gasteiger partial charge in [-0.2, -0.15) is 0 Å². The van der Waals surface area contributed by atoms with Crippen molar-refractivity contribution in [1.82, 2.24) is 9.80 Å². The van der Waals surface area contributed by atoms with E-state index in [4.69, 9.17) is 0 Å². The van der Waals surface area contributed by atoms with Crippen LogP contribution in [0.5, 0.6) is 0 Å². The van der Waals surface area contributed by atoms with Crippen molar-refractivity contribution in [3.05, 3.63) is 65.7 Å². The standard InChI is InChI=1S/C20H17N3O5/c1-13(24)15-7-9-16(10-8-15)21-17(25)12-23-19(27)18(26)22(20(23)28)11-14-5-3-2-4-6-14/h2-10H,11-12H2,1H3,(H,21,25). The van der Waals surface area contributed by atoms with Crippen molar-refractivity contribution >= 4 is 35.2 Å². The Morgan fingerprint density at radius 2 is 1.46 bits per heavy atom. The number of benzene rings is 2. The molecule has 0 aromatic heterocycles. The third-order valence-corrected chi connectivity index (χ3v) is 4.20. The van der Waals surface area contributed by atoms with Crippen molar-refractivity contribution in [2.75, 3.05) is 11.9 Å². The van der Waals surface area contributed by atoms with Crippen LogP contribution in [-0.2, 0) is 20.9 Å². The normalized spacial score (nSPS) is 13.8. The molecule has 1 heterocycles. The average molecular weight is 379 g/mol. The van der Waals surface area contributed by atoms with Gasteiger partial charge in [-0.1, -0.05) is 30.3 Å². The molecule has 0 aliphatic carbocycles. The minimum Gasteiger partial charge on any atom is -0.325 e. The Bertz CT molecular complexity index is 954. The van der Waals surface area contributed by atoms with E-state index in [1.165, 1.54) is 19.1 Å². The summed E-state index contributed by atoms with van der Waals surface area (Å²) in [6, 6.07) is 14.1. The maximum atomic E-state index is 12.4. The molecule has 2 aromatic rings. The Labute approximate surface area is 160 Å². The van der Waals surface area contributed by atoms with Crippen LogP contribution in [-0.4, -0.2) is 45.9 Å². The summed E-state index contributed by atoms with van der Waals surface area (Å²) >= 11 is 0. The average Bonchev–Trinajstić information content (AvgIpc) is 2.87. The van der Waals surface area contributed by atoms with Gasteiger partial charge in [-0.3, -0.25) is 24.1 Å². The molecule has 0 bridgehead atoms. The van der Waals surface area contributed by atoms with Gasteiger partial charge in [0.2, 0.25) is 5.91 Å². The lowest BCUT2D eigenvalue weighted by molar-refractivity contribution is -0.143. The summed E-state index contributed by atoms with van der Waals surface area (Å²) in [5.74, 6) is -2.75.